The van der Waals surface area contributed by atoms with Gasteiger partial charge in [0, 0.05) is 0 Å². The Morgan fingerprint density at radius 3 is 2.40 bits per heavy atom. The van der Waals surface area contributed by atoms with Gasteiger partial charge in [-0.25, -0.2) is 4.79 Å². The Kier molecular flexibility index (Phi) is 6.83. The molecule has 2 unspecified atom stereocenters. The molecule has 0 aliphatic heterocycles. The number of rotatable bonds is 8. The normalized spacial score (nSPS) is 13.1. The van der Waals surface area contributed by atoms with Gasteiger partial charge < -0.3 is 19.3 Å². The summed E-state index contributed by atoms with van der Waals surface area (Å²) >= 11 is 0. The molecule has 2 atom stereocenters. The van der Waals surface area contributed by atoms with Crippen LogP contribution in [0.3, 0.4) is 0 Å². The second kappa shape index (κ2) is 9.08. The molecule has 134 valence electrons. The summed E-state index contributed by atoms with van der Waals surface area (Å²) < 4.78 is 16.4. The van der Waals surface area contributed by atoms with Crippen LogP contribution in [0.1, 0.15) is 31.1 Å². The predicted molar refractivity (Wildman–Crippen MR) is 94.7 cm³/mol. The molecule has 0 heterocycles. The number of phenolic OH excluding ortho intramolecular Hbond substituents is 1. The molecule has 2 aromatic carbocycles. The average molecular weight is 344 g/mol. The lowest BCUT2D eigenvalue weighted by molar-refractivity contribution is -0.153. The van der Waals surface area contributed by atoms with Crippen molar-refractivity contribution in [3.63, 3.8) is 0 Å². The number of hydrogen-bond donors (Lipinski definition) is 1. The quantitative estimate of drug-likeness (QED) is 0.583. The summed E-state index contributed by atoms with van der Waals surface area (Å²) in [5.41, 5.74) is 2.29. The molecule has 0 fully saturated rings. The van der Waals surface area contributed by atoms with E-state index in [0.717, 1.165) is 5.56 Å². The van der Waals surface area contributed by atoms with E-state index in [4.69, 9.17) is 14.2 Å². The highest BCUT2D eigenvalue weighted by molar-refractivity contribution is 5.74. The lowest BCUT2D eigenvalue weighted by Crippen LogP contribution is -2.27. The minimum atomic E-state index is -0.738. The zero-order chi connectivity index (χ0) is 18.2. The first-order valence-electron chi connectivity index (χ1n) is 8.27. The molecule has 1 N–H and O–H groups in total. The molecule has 0 amide bonds. The van der Waals surface area contributed by atoms with Gasteiger partial charge in [-0.15, -0.1) is 0 Å². The molecule has 0 aromatic heterocycles. The second-order valence-corrected chi connectivity index (χ2v) is 5.79. The Bertz CT molecular complexity index is 681. The maximum absolute atomic E-state index is 11.9. The van der Waals surface area contributed by atoms with E-state index in [0.29, 0.717) is 12.4 Å². The fraction of sp³-hybridized carbons (Fsp3) is 0.350. The van der Waals surface area contributed by atoms with Crippen molar-refractivity contribution in [2.24, 2.45) is 0 Å². The number of hydrogen-bond acceptors (Lipinski definition) is 5. The van der Waals surface area contributed by atoms with E-state index in [2.05, 4.69) is 0 Å². The summed E-state index contributed by atoms with van der Waals surface area (Å²) in [5.74, 6) is 0.175. The number of benzene rings is 2. The van der Waals surface area contributed by atoms with Crippen LogP contribution in [-0.4, -0.2) is 30.4 Å². The molecule has 0 saturated carbocycles. The van der Waals surface area contributed by atoms with Crippen LogP contribution in [0.2, 0.25) is 0 Å². The minimum Gasteiger partial charge on any atom is -0.508 e. The van der Waals surface area contributed by atoms with Crippen LogP contribution < -0.4 is 4.74 Å². The van der Waals surface area contributed by atoms with Gasteiger partial charge in [-0.2, -0.15) is 0 Å². The van der Waals surface area contributed by atoms with E-state index in [-0.39, 0.29) is 18.5 Å². The van der Waals surface area contributed by atoms with Gasteiger partial charge in [0.1, 0.15) is 18.1 Å². The predicted octanol–water partition coefficient (Wildman–Crippen LogP) is 3.79. The van der Waals surface area contributed by atoms with E-state index < -0.39 is 12.1 Å². The maximum atomic E-state index is 11.9. The Morgan fingerprint density at radius 1 is 1.04 bits per heavy atom. The number of esters is 1. The van der Waals surface area contributed by atoms with Gasteiger partial charge in [0.2, 0.25) is 0 Å². The van der Waals surface area contributed by atoms with Crippen LogP contribution in [0.4, 0.5) is 0 Å². The van der Waals surface area contributed by atoms with Crippen LogP contribution in [0.25, 0.3) is 0 Å². The zero-order valence-electron chi connectivity index (χ0n) is 14.8. The van der Waals surface area contributed by atoms with Gasteiger partial charge in [0.15, 0.2) is 6.10 Å². The van der Waals surface area contributed by atoms with Gasteiger partial charge in [-0.3, -0.25) is 0 Å². The first-order chi connectivity index (χ1) is 12.0. The Balaban J connectivity index is 1.71. The molecule has 2 rings (SSSR count). The first-order valence-corrected chi connectivity index (χ1v) is 8.27. The van der Waals surface area contributed by atoms with Crippen molar-refractivity contribution >= 4 is 5.97 Å². The third-order valence-corrected chi connectivity index (χ3v) is 3.80. The van der Waals surface area contributed by atoms with Crippen LogP contribution in [0, 0.1) is 6.92 Å². The maximum Gasteiger partial charge on any atom is 0.347 e. The molecule has 0 aliphatic carbocycles. The molecule has 0 aliphatic rings. The van der Waals surface area contributed by atoms with Crippen molar-refractivity contribution in [1.82, 2.24) is 0 Å². The summed E-state index contributed by atoms with van der Waals surface area (Å²) in [7, 11) is 0. The lowest BCUT2D eigenvalue weighted by atomic mass is 10.1. The molecule has 2 aromatic rings. The van der Waals surface area contributed by atoms with E-state index in [1.54, 1.807) is 19.1 Å². The Labute approximate surface area is 148 Å². The van der Waals surface area contributed by atoms with E-state index in [1.165, 1.54) is 17.7 Å². The van der Waals surface area contributed by atoms with Gasteiger partial charge >= 0.3 is 5.97 Å². The van der Waals surface area contributed by atoms with E-state index in [1.807, 2.05) is 38.1 Å². The third kappa shape index (κ3) is 5.80. The minimum absolute atomic E-state index is 0.0643. The van der Waals surface area contributed by atoms with Crippen molar-refractivity contribution in [2.75, 3.05) is 13.2 Å². The van der Waals surface area contributed by atoms with Crippen molar-refractivity contribution in [3.05, 3.63) is 59.7 Å². The molecular formula is C20H24O5. The Morgan fingerprint density at radius 2 is 1.72 bits per heavy atom. The summed E-state index contributed by atoms with van der Waals surface area (Å²) in [5, 5.41) is 9.23. The highest BCUT2D eigenvalue weighted by atomic mass is 16.6. The van der Waals surface area contributed by atoms with Crippen LogP contribution in [0.15, 0.2) is 48.5 Å². The van der Waals surface area contributed by atoms with Crippen molar-refractivity contribution < 1.29 is 24.1 Å². The SMILES string of the molecule is Cc1ccccc1C(C)OCCOC(=O)C(C)Oc1ccc(O)cc1. The fourth-order valence-electron chi connectivity index (χ4n) is 2.39. The summed E-state index contributed by atoms with van der Waals surface area (Å²) in [6, 6.07) is 14.2. The smallest absolute Gasteiger partial charge is 0.347 e. The van der Waals surface area contributed by atoms with Crippen LogP contribution in [-0.2, 0) is 14.3 Å². The molecule has 5 heteroatoms. The third-order valence-electron chi connectivity index (χ3n) is 3.80. The van der Waals surface area contributed by atoms with Gasteiger partial charge in [-0.05, 0) is 56.2 Å². The molecule has 0 saturated heterocycles. The number of carbonyl (C=O) groups excluding carboxylic acids is 1. The first kappa shape index (κ1) is 18.8. The lowest BCUT2D eigenvalue weighted by Gasteiger charge is -2.17. The number of ether oxygens (including phenoxy) is 3. The van der Waals surface area contributed by atoms with Crippen LogP contribution >= 0.6 is 0 Å². The van der Waals surface area contributed by atoms with Crippen molar-refractivity contribution in [2.45, 2.75) is 33.0 Å². The fourth-order valence-corrected chi connectivity index (χ4v) is 2.39. The molecule has 25 heavy (non-hydrogen) atoms. The van der Waals surface area contributed by atoms with E-state index in [9.17, 15) is 9.90 Å². The van der Waals surface area contributed by atoms with Crippen molar-refractivity contribution in [1.29, 1.82) is 0 Å². The van der Waals surface area contributed by atoms with Gasteiger partial charge in [-0.1, -0.05) is 24.3 Å². The van der Waals surface area contributed by atoms with Crippen molar-refractivity contribution in [3.8, 4) is 11.5 Å². The number of aromatic hydroxyl groups is 1. The topological polar surface area (TPSA) is 65.0 Å². The molecular weight excluding hydrogens is 320 g/mol. The summed E-state index contributed by atoms with van der Waals surface area (Å²) in [6.07, 6.45) is -0.802. The summed E-state index contributed by atoms with van der Waals surface area (Å²) in [6.45, 7) is 6.11. The monoisotopic (exact) mass is 344 g/mol. The second-order valence-electron chi connectivity index (χ2n) is 5.79. The number of aryl methyl sites for hydroxylation is 1. The number of carbonyl (C=O) groups is 1. The van der Waals surface area contributed by atoms with Gasteiger partial charge in [0.25, 0.3) is 0 Å². The van der Waals surface area contributed by atoms with Crippen LogP contribution in [0.5, 0.6) is 11.5 Å². The standard InChI is InChI=1S/C20H24O5/c1-14-6-4-5-7-19(14)15(2)23-12-13-24-20(22)16(3)25-18-10-8-17(21)9-11-18/h4-11,15-16,21H,12-13H2,1-3H3. The summed E-state index contributed by atoms with van der Waals surface area (Å²) in [4.78, 5) is 11.9. The van der Waals surface area contributed by atoms with E-state index >= 15 is 0 Å². The molecule has 0 bridgehead atoms. The highest BCUT2D eigenvalue weighted by Gasteiger charge is 2.16. The Hall–Kier alpha value is -2.53. The molecule has 0 spiro atoms. The number of phenols is 1. The zero-order valence-corrected chi connectivity index (χ0v) is 14.8. The molecule has 0 radical (unpaired) electrons. The average Bonchev–Trinajstić information content (AvgIpc) is 2.60. The van der Waals surface area contributed by atoms with Gasteiger partial charge in [0.05, 0.1) is 12.7 Å². The largest absolute Gasteiger partial charge is 0.508 e. The molecule has 5 nitrogen and oxygen atoms in total. The highest BCUT2D eigenvalue weighted by Crippen LogP contribution is 2.20.